The summed E-state index contributed by atoms with van der Waals surface area (Å²) in [5.41, 5.74) is 0.0932. The number of quaternary nitrogens is 1. The number of allylic oxidation sites excluding steroid dienone is 1. The Balaban J connectivity index is 2.55. The fraction of sp³-hybridized carbons (Fsp3) is 0.231. The first-order valence-electron chi connectivity index (χ1n) is 6.14. The highest BCUT2D eigenvalue weighted by Gasteiger charge is 2.41. The molecule has 21 heavy (non-hydrogen) atoms. The molecule has 0 saturated heterocycles. The molecule has 8 nitrogen and oxygen atoms in total. The van der Waals surface area contributed by atoms with Crippen molar-refractivity contribution in [3.8, 4) is 5.75 Å². The van der Waals surface area contributed by atoms with Gasteiger partial charge < -0.3 is 4.74 Å². The lowest BCUT2D eigenvalue weighted by atomic mass is 9.99. The molecule has 0 saturated carbocycles. The SMILES string of the molecule is COc1ccccc1[C@H]1C([N+](=O)[O-])=CC([N+](=O)[O-])=C[NH+]1C. The van der Waals surface area contributed by atoms with E-state index in [1.54, 1.807) is 31.3 Å². The molecule has 0 amide bonds. The van der Waals surface area contributed by atoms with Crippen molar-refractivity contribution in [3.05, 3.63) is 73.7 Å². The quantitative estimate of drug-likeness (QED) is 0.645. The van der Waals surface area contributed by atoms with Gasteiger partial charge in [-0.15, -0.1) is 0 Å². The maximum absolute atomic E-state index is 11.3. The van der Waals surface area contributed by atoms with E-state index >= 15 is 0 Å². The number of methoxy groups -OCH3 is 1. The Labute approximate surface area is 120 Å². The molecule has 0 aliphatic carbocycles. The van der Waals surface area contributed by atoms with Gasteiger partial charge in [0, 0.05) is 0 Å². The maximum Gasteiger partial charge on any atom is 0.328 e. The molecular formula is C13H14N3O5+. The van der Waals surface area contributed by atoms with Crippen molar-refractivity contribution in [2.45, 2.75) is 6.04 Å². The van der Waals surface area contributed by atoms with Gasteiger partial charge in [-0.25, -0.2) is 0 Å². The third-order valence-electron chi connectivity index (χ3n) is 3.29. The number of benzene rings is 1. The lowest BCUT2D eigenvalue weighted by molar-refractivity contribution is -0.865. The smallest absolute Gasteiger partial charge is 0.328 e. The van der Waals surface area contributed by atoms with Crippen LogP contribution in [0.25, 0.3) is 0 Å². The van der Waals surface area contributed by atoms with Crippen molar-refractivity contribution in [2.24, 2.45) is 0 Å². The van der Waals surface area contributed by atoms with Crippen molar-refractivity contribution in [1.82, 2.24) is 0 Å². The summed E-state index contributed by atoms with van der Waals surface area (Å²) in [6.07, 6.45) is 2.36. The van der Waals surface area contributed by atoms with E-state index in [0.29, 0.717) is 16.2 Å². The molecular weight excluding hydrogens is 278 g/mol. The van der Waals surface area contributed by atoms with Crippen LogP contribution in [-0.4, -0.2) is 24.0 Å². The zero-order chi connectivity index (χ0) is 15.6. The standard InChI is InChI=1S/C13H13N3O5/c1-14-8-9(15(17)18)7-11(16(19)20)13(14)10-5-3-4-6-12(10)21-2/h3-8,13H,1-2H3/p+1/t13-/m0/s1. The molecule has 1 N–H and O–H groups in total. The minimum Gasteiger partial charge on any atom is -0.496 e. The number of hydrogen-bond acceptors (Lipinski definition) is 5. The van der Waals surface area contributed by atoms with Crippen LogP contribution in [0.15, 0.2) is 47.9 Å². The summed E-state index contributed by atoms with van der Waals surface area (Å²) < 4.78 is 5.23. The van der Waals surface area contributed by atoms with Gasteiger partial charge in [-0.2, -0.15) is 0 Å². The molecule has 8 heteroatoms. The van der Waals surface area contributed by atoms with Gasteiger partial charge in [-0.1, -0.05) is 12.1 Å². The number of para-hydroxylation sites is 1. The molecule has 1 heterocycles. The van der Waals surface area contributed by atoms with E-state index in [1.807, 2.05) is 0 Å². The van der Waals surface area contributed by atoms with Crippen LogP contribution in [0, 0.1) is 20.2 Å². The van der Waals surface area contributed by atoms with Crippen molar-refractivity contribution in [3.63, 3.8) is 0 Å². The molecule has 1 aliphatic heterocycles. The highest BCUT2D eigenvalue weighted by atomic mass is 16.6. The van der Waals surface area contributed by atoms with E-state index < -0.39 is 15.9 Å². The minimum absolute atomic E-state index is 0.230. The molecule has 0 bridgehead atoms. The van der Waals surface area contributed by atoms with E-state index in [2.05, 4.69) is 0 Å². The third kappa shape index (κ3) is 2.75. The second-order valence-electron chi connectivity index (χ2n) is 4.57. The largest absolute Gasteiger partial charge is 0.496 e. The topological polar surface area (TPSA) is 100.0 Å². The molecule has 0 radical (unpaired) electrons. The van der Waals surface area contributed by atoms with E-state index in [9.17, 15) is 20.2 Å². The molecule has 0 aromatic heterocycles. The number of hydrogen-bond donors (Lipinski definition) is 1. The van der Waals surface area contributed by atoms with Crippen LogP contribution in [0.2, 0.25) is 0 Å². The van der Waals surface area contributed by atoms with E-state index in [0.717, 1.165) is 6.08 Å². The summed E-state index contributed by atoms with van der Waals surface area (Å²) in [5.74, 6) is 0.507. The Morgan fingerprint density at radius 2 is 1.86 bits per heavy atom. The van der Waals surface area contributed by atoms with Gasteiger partial charge in [0.15, 0.2) is 6.20 Å². The highest BCUT2D eigenvalue weighted by Crippen LogP contribution is 2.30. The molecule has 2 atom stereocenters. The van der Waals surface area contributed by atoms with E-state index in [1.165, 1.54) is 13.3 Å². The van der Waals surface area contributed by atoms with Gasteiger partial charge in [0.1, 0.15) is 11.8 Å². The van der Waals surface area contributed by atoms with E-state index in [-0.39, 0.29) is 11.4 Å². The summed E-state index contributed by atoms with van der Waals surface area (Å²) in [7, 11) is 3.11. The van der Waals surface area contributed by atoms with Crippen LogP contribution in [-0.2, 0) is 0 Å². The van der Waals surface area contributed by atoms with Crippen molar-refractivity contribution in [2.75, 3.05) is 14.2 Å². The molecule has 0 fully saturated rings. The van der Waals surface area contributed by atoms with Gasteiger partial charge in [-0.3, -0.25) is 25.1 Å². The van der Waals surface area contributed by atoms with Crippen LogP contribution in [0.1, 0.15) is 11.6 Å². The molecule has 1 aliphatic rings. The monoisotopic (exact) mass is 292 g/mol. The molecule has 110 valence electrons. The van der Waals surface area contributed by atoms with Crippen LogP contribution in [0.4, 0.5) is 0 Å². The maximum atomic E-state index is 11.3. The van der Waals surface area contributed by atoms with Gasteiger partial charge >= 0.3 is 11.4 Å². The first-order chi connectivity index (χ1) is 9.95. The van der Waals surface area contributed by atoms with Crippen molar-refractivity contribution in [1.29, 1.82) is 0 Å². The van der Waals surface area contributed by atoms with Crippen LogP contribution in [0.5, 0.6) is 5.75 Å². The number of rotatable bonds is 4. The predicted octanol–water partition coefficient (Wildman–Crippen LogP) is 0.543. The second-order valence-corrected chi connectivity index (χ2v) is 4.57. The van der Waals surface area contributed by atoms with Gasteiger partial charge in [0.05, 0.1) is 29.6 Å². The van der Waals surface area contributed by atoms with Crippen molar-refractivity contribution < 1.29 is 19.5 Å². The average molecular weight is 292 g/mol. The summed E-state index contributed by atoms with van der Waals surface area (Å²) >= 11 is 0. The zero-order valence-electron chi connectivity index (χ0n) is 11.5. The predicted molar refractivity (Wildman–Crippen MR) is 72.8 cm³/mol. The van der Waals surface area contributed by atoms with Gasteiger partial charge in [-0.05, 0) is 12.1 Å². The van der Waals surface area contributed by atoms with Crippen LogP contribution >= 0.6 is 0 Å². The third-order valence-corrected chi connectivity index (χ3v) is 3.29. The molecule has 0 spiro atoms. The Morgan fingerprint density at radius 1 is 1.19 bits per heavy atom. The number of nitrogens with one attached hydrogen (secondary N) is 1. The van der Waals surface area contributed by atoms with Gasteiger partial charge in [0.2, 0.25) is 6.04 Å². The van der Waals surface area contributed by atoms with Crippen LogP contribution < -0.4 is 9.64 Å². The molecule has 2 rings (SSSR count). The van der Waals surface area contributed by atoms with Crippen molar-refractivity contribution >= 4 is 0 Å². The first kappa shape index (κ1) is 14.7. The summed E-state index contributed by atoms with van der Waals surface area (Å²) in [6, 6.07) is 6.26. The lowest BCUT2D eigenvalue weighted by Crippen LogP contribution is -3.05. The average Bonchev–Trinajstić information content (AvgIpc) is 2.46. The number of nitrogens with zero attached hydrogens (tertiary/aromatic N) is 2. The summed E-state index contributed by atoms with van der Waals surface area (Å²) in [4.78, 5) is 21.5. The molecule has 1 aromatic rings. The lowest BCUT2D eigenvalue weighted by Gasteiger charge is -2.23. The Bertz CT molecular complexity index is 653. The van der Waals surface area contributed by atoms with E-state index in [4.69, 9.17) is 4.74 Å². The minimum atomic E-state index is -0.667. The van der Waals surface area contributed by atoms with Gasteiger partial charge in [0.25, 0.3) is 0 Å². The number of likely N-dealkylation sites (N-methyl/N-ethyl adjacent to an activating group) is 1. The molecule has 1 unspecified atom stereocenters. The fourth-order valence-corrected chi connectivity index (χ4v) is 2.40. The van der Waals surface area contributed by atoms with Crippen LogP contribution in [0.3, 0.4) is 0 Å². The zero-order valence-corrected chi connectivity index (χ0v) is 11.5. The Morgan fingerprint density at radius 3 is 2.43 bits per heavy atom. The highest BCUT2D eigenvalue weighted by molar-refractivity contribution is 5.39. The Hall–Kier alpha value is -2.74. The summed E-state index contributed by atoms with van der Waals surface area (Å²) in [5, 5.41) is 22.2. The summed E-state index contributed by atoms with van der Waals surface area (Å²) in [6.45, 7) is 0. The normalized spacial score (nSPS) is 21.2. The second kappa shape index (κ2) is 5.71. The fourth-order valence-electron chi connectivity index (χ4n) is 2.40. The number of nitro groups is 2. The molecule has 1 aromatic carbocycles. The Kier molecular flexibility index (Phi) is 3.99. The number of ether oxygens (including phenoxy) is 1. The first-order valence-corrected chi connectivity index (χ1v) is 6.14.